The van der Waals surface area contributed by atoms with Crippen LogP contribution in [0.5, 0.6) is 0 Å². The molecule has 0 aliphatic rings. The van der Waals surface area contributed by atoms with E-state index in [0.717, 1.165) is 12.1 Å². The summed E-state index contributed by atoms with van der Waals surface area (Å²) < 4.78 is 31.0. The highest BCUT2D eigenvalue weighted by atomic mass is 19.2. The number of hydrogen-bond acceptors (Lipinski definition) is 4. The van der Waals surface area contributed by atoms with Crippen LogP contribution in [0, 0.1) is 11.6 Å². The van der Waals surface area contributed by atoms with Crippen LogP contribution in [-0.2, 0) is 0 Å². The van der Waals surface area contributed by atoms with Crippen molar-refractivity contribution >= 4 is 16.9 Å². The smallest absolute Gasteiger partial charge is 0.348 e. The maximum Gasteiger partial charge on any atom is 0.348 e. The molecule has 4 nitrogen and oxygen atoms in total. The molecule has 0 aliphatic heterocycles. The van der Waals surface area contributed by atoms with E-state index in [2.05, 4.69) is 10.3 Å². The van der Waals surface area contributed by atoms with Gasteiger partial charge in [-0.3, -0.25) is 0 Å². The summed E-state index contributed by atoms with van der Waals surface area (Å²) in [6.45, 7) is 5.55. The second kappa shape index (κ2) is 4.04. The van der Waals surface area contributed by atoms with Crippen LogP contribution >= 0.6 is 0 Å². The minimum atomic E-state index is -1.10. The molecule has 0 saturated heterocycles. The highest BCUT2D eigenvalue weighted by Gasteiger charge is 2.15. The summed E-state index contributed by atoms with van der Waals surface area (Å²) in [6, 6.07) is 1.63. The Bertz CT molecular complexity index is 659. The van der Waals surface area contributed by atoms with E-state index >= 15 is 0 Å². The Morgan fingerprint density at radius 2 is 1.83 bits per heavy atom. The van der Waals surface area contributed by atoms with E-state index in [0.29, 0.717) is 0 Å². The van der Waals surface area contributed by atoms with Gasteiger partial charge in [0.1, 0.15) is 0 Å². The average molecular weight is 254 g/mol. The first-order chi connectivity index (χ1) is 8.26. The number of hydrogen-bond donors (Lipinski definition) is 1. The van der Waals surface area contributed by atoms with Crippen molar-refractivity contribution in [2.24, 2.45) is 0 Å². The first-order valence-corrected chi connectivity index (χ1v) is 5.34. The van der Waals surface area contributed by atoms with Crippen molar-refractivity contribution in [1.82, 2.24) is 4.98 Å². The standard InChI is InChI=1S/C12H12F2N2O2/c1-12(2,3)16-11-15-9-5-8(14)7(13)4-6(9)10(17)18-11/h4-5H,1-3H3,(H,15,16). The largest absolute Gasteiger partial charge is 0.389 e. The van der Waals surface area contributed by atoms with Crippen molar-refractivity contribution in [3.8, 4) is 0 Å². The van der Waals surface area contributed by atoms with Gasteiger partial charge in [-0.1, -0.05) is 0 Å². The van der Waals surface area contributed by atoms with Crippen molar-refractivity contribution in [1.29, 1.82) is 0 Å². The molecule has 2 aromatic rings. The zero-order chi connectivity index (χ0) is 13.5. The summed E-state index contributed by atoms with van der Waals surface area (Å²) in [4.78, 5) is 15.6. The van der Waals surface area contributed by atoms with Gasteiger partial charge >= 0.3 is 5.63 Å². The summed E-state index contributed by atoms with van der Waals surface area (Å²) in [6.07, 6.45) is 0. The summed E-state index contributed by atoms with van der Waals surface area (Å²) >= 11 is 0. The second-order valence-electron chi connectivity index (χ2n) is 4.96. The van der Waals surface area contributed by atoms with Gasteiger partial charge in [0.15, 0.2) is 11.6 Å². The number of nitrogens with zero attached hydrogens (tertiary/aromatic N) is 1. The average Bonchev–Trinajstić information content (AvgIpc) is 2.18. The molecule has 0 atom stereocenters. The van der Waals surface area contributed by atoms with Crippen LogP contribution in [0.1, 0.15) is 20.8 Å². The van der Waals surface area contributed by atoms with Gasteiger partial charge in [-0.05, 0) is 26.8 Å². The third-order valence-corrected chi connectivity index (χ3v) is 2.15. The minimum absolute atomic E-state index is 0.0222. The molecule has 0 unspecified atom stereocenters. The lowest BCUT2D eigenvalue weighted by molar-refractivity contribution is 0.485. The second-order valence-corrected chi connectivity index (χ2v) is 4.96. The lowest BCUT2D eigenvalue weighted by atomic mass is 10.1. The molecule has 96 valence electrons. The highest BCUT2D eigenvalue weighted by Crippen LogP contribution is 2.17. The normalized spacial score (nSPS) is 11.8. The molecule has 1 aromatic carbocycles. The van der Waals surface area contributed by atoms with Crippen LogP contribution in [0.15, 0.2) is 21.3 Å². The van der Waals surface area contributed by atoms with Crippen LogP contribution in [-0.4, -0.2) is 10.5 Å². The lowest BCUT2D eigenvalue weighted by Crippen LogP contribution is -2.27. The van der Waals surface area contributed by atoms with E-state index in [9.17, 15) is 13.6 Å². The Hall–Kier alpha value is -1.98. The monoisotopic (exact) mass is 254 g/mol. The highest BCUT2D eigenvalue weighted by molar-refractivity contribution is 5.77. The fourth-order valence-electron chi connectivity index (χ4n) is 1.44. The zero-order valence-electron chi connectivity index (χ0n) is 10.2. The molecule has 6 heteroatoms. The predicted molar refractivity (Wildman–Crippen MR) is 63.6 cm³/mol. The molecule has 18 heavy (non-hydrogen) atoms. The maximum absolute atomic E-state index is 13.1. The topological polar surface area (TPSA) is 55.1 Å². The van der Waals surface area contributed by atoms with Crippen LogP contribution in [0.25, 0.3) is 10.9 Å². The molecule has 0 fully saturated rings. The third kappa shape index (κ3) is 2.47. The van der Waals surface area contributed by atoms with Gasteiger partial charge in [-0.2, -0.15) is 4.98 Å². The number of nitrogens with one attached hydrogen (secondary N) is 1. The van der Waals surface area contributed by atoms with Crippen LogP contribution in [0.3, 0.4) is 0 Å². The van der Waals surface area contributed by atoms with Gasteiger partial charge in [0.05, 0.1) is 10.9 Å². The van der Waals surface area contributed by atoms with E-state index in [1.54, 1.807) is 0 Å². The number of benzene rings is 1. The Morgan fingerprint density at radius 1 is 1.22 bits per heavy atom. The molecule has 2 rings (SSSR count). The van der Waals surface area contributed by atoms with Gasteiger partial charge in [0, 0.05) is 11.6 Å². The summed E-state index contributed by atoms with van der Waals surface area (Å²) in [5.41, 5.74) is -1.07. The van der Waals surface area contributed by atoms with Gasteiger partial charge in [-0.15, -0.1) is 0 Å². The van der Waals surface area contributed by atoms with E-state index in [1.807, 2.05) is 20.8 Å². The first-order valence-electron chi connectivity index (χ1n) is 5.34. The number of aromatic nitrogens is 1. The third-order valence-electron chi connectivity index (χ3n) is 2.15. The van der Waals surface area contributed by atoms with E-state index in [4.69, 9.17) is 4.42 Å². The van der Waals surface area contributed by atoms with E-state index in [1.165, 1.54) is 0 Å². The minimum Gasteiger partial charge on any atom is -0.389 e. The van der Waals surface area contributed by atoms with Crippen molar-refractivity contribution < 1.29 is 13.2 Å². The molecule has 0 spiro atoms. The molecule has 0 amide bonds. The van der Waals surface area contributed by atoms with Gasteiger partial charge in [-0.25, -0.2) is 13.6 Å². The number of anilines is 1. The van der Waals surface area contributed by atoms with Gasteiger partial charge < -0.3 is 9.73 Å². The Kier molecular flexibility index (Phi) is 2.80. The molecule has 1 heterocycles. The Balaban J connectivity index is 2.62. The Morgan fingerprint density at radius 3 is 2.44 bits per heavy atom. The SMILES string of the molecule is CC(C)(C)Nc1nc2cc(F)c(F)cc2c(=O)o1. The fourth-order valence-corrected chi connectivity index (χ4v) is 1.44. The number of halogens is 2. The fraction of sp³-hybridized carbons (Fsp3) is 0.333. The van der Waals surface area contributed by atoms with Crippen LogP contribution < -0.4 is 10.9 Å². The summed E-state index contributed by atoms with van der Waals surface area (Å²) in [7, 11) is 0. The summed E-state index contributed by atoms with van der Waals surface area (Å²) in [5, 5.41) is 2.76. The van der Waals surface area contributed by atoms with Gasteiger partial charge in [0.25, 0.3) is 6.01 Å². The van der Waals surface area contributed by atoms with Crippen LogP contribution in [0.2, 0.25) is 0 Å². The zero-order valence-corrected chi connectivity index (χ0v) is 10.2. The van der Waals surface area contributed by atoms with Crippen molar-refractivity contribution in [3.05, 3.63) is 34.2 Å². The predicted octanol–water partition coefficient (Wildman–Crippen LogP) is 2.68. The molecule has 0 radical (unpaired) electrons. The molecule has 1 aromatic heterocycles. The molecule has 0 bridgehead atoms. The molecule has 1 N–H and O–H groups in total. The molecule has 0 aliphatic carbocycles. The first kappa shape index (κ1) is 12.5. The molecule has 0 saturated carbocycles. The Labute approximate surface area is 102 Å². The molecular weight excluding hydrogens is 242 g/mol. The van der Waals surface area contributed by atoms with Crippen molar-refractivity contribution in [3.63, 3.8) is 0 Å². The number of fused-ring (bicyclic) bond motifs is 1. The lowest BCUT2D eigenvalue weighted by Gasteiger charge is -2.19. The van der Waals surface area contributed by atoms with Crippen molar-refractivity contribution in [2.75, 3.05) is 5.32 Å². The molecular formula is C12H12F2N2O2. The van der Waals surface area contributed by atoms with Crippen LogP contribution in [0.4, 0.5) is 14.8 Å². The quantitative estimate of drug-likeness (QED) is 0.850. The summed E-state index contributed by atoms with van der Waals surface area (Å²) in [5.74, 6) is -2.16. The van der Waals surface area contributed by atoms with E-state index in [-0.39, 0.29) is 22.5 Å². The van der Waals surface area contributed by atoms with Crippen molar-refractivity contribution in [2.45, 2.75) is 26.3 Å². The van der Waals surface area contributed by atoms with E-state index < -0.39 is 17.3 Å². The van der Waals surface area contributed by atoms with Gasteiger partial charge in [0.2, 0.25) is 0 Å². The maximum atomic E-state index is 13.1. The number of rotatable bonds is 1.